The van der Waals surface area contributed by atoms with Crippen molar-refractivity contribution < 1.29 is 24.2 Å². The first kappa shape index (κ1) is 23.0. The molecule has 1 aromatic carbocycles. The van der Waals surface area contributed by atoms with Crippen LogP contribution in [0.5, 0.6) is 0 Å². The van der Waals surface area contributed by atoms with Crippen LogP contribution in [0, 0.1) is 11.8 Å². The molecule has 3 amide bonds. The van der Waals surface area contributed by atoms with Gasteiger partial charge in [0.25, 0.3) is 0 Å². The van der Waals surface area contributed by atoms with Gasteiger partial charge >= 0.3 is 0 Å². The van der Waals surface area contributed by atoms with Crippen LogP contribution in [0.1, 0.15) is 40.0 Å². The number of nitrogens with zero attached hydrogens (tertiary/aromatic N) is 1. The Morgan fingerprint density at radius 1 is 1.28 bits per heavy atom. The minimum Gasteiger partial charge on any atom is -0.394 e. The largest absolute Gasteiger partial charge is 0.394 e. The number of hydrogen-bond donors (Lipinski definition) is 3. The molecule has 4 rings (SSSR count). The van der Waals surface area contributed by atoms with Gasteiger partial charge in [0.15, 0.2) is 0 Å². The summed E-state index contributed by atoms with van der Waals surface area (Å²) in [5.41, 5.74) is -1.38. The van der Waals surface area contributed by atoms with Crippen molar-refractivity contribution in [3.8, 4) is 0 Å². The number of fused-ring (bicyclic) bond motifs is 1. The van der Waals surface area contributed by atoms with E-state index in [9.17, 15) is 19.5 Å². The molecule has 6 atom stereocenters. The van der Waals surface area contributed by atoms with Gasteiger partial charge in [0, 0.05) is 17.3 Å². The Morgan fingerprint density at radius 2 is 1.97 bits per heavy atom. The van der Waals surface area contributed by atoms with Crippen LogP contribution in [0.2, 0.25) is 5.02 Å². The summed E-state index contributed by atoms with van der Waals surface area (Å²) in [6.45, 7) is 5.72. The van der Waals surface area contributed by atoms with E-state index in [1.165, 1.54) is 4.90 Å². The van der Waals surface area contributed by atoms with Crippen LogP contribution in [-0.2, 0) is 19.1 Å². The van der Waals surface area contributed by atoms with Crippen molar-refractivity contribution in [2.75, 3.05) is 18.5 Å². The Morgan fingerprint density at radius 3 is 2.59 bits per heavy atom. The molecule has 2 bridgehead atoms. The summed E-state index contributed by atoms with van der Waals surface area (Å²) in [5, 5.41) is 16.2. The van der Waals surface area contributed by atoms with E-state index in [1.807, 2.05) is 13.8 Å². The molecule has 3 N–H and O–H groups in total. The Kier molecular flexibility index (Phi) is 5.98. The zero-order valence-electron chi connectivity index (χ0n) is 18.6. The molecule has 3 aliphatic rings. The van der Waals surface area contributed by atoms with E-state index in [0.29, 0.717) is 30.1 Å². The number of halogens is 1. The first-order valence-electron chi connectivity index (χ1n) is 11.2. The SMILES string of the molecule is CCCNC(=O)[C@H]1[C@H]2C(=O)N([C@H](C)CO)C(C(=O)Nc3ccc(Cl)cc3)C23CC[C@]1(C)O3. The number of aliphatic hydroxyl groups is 1. The minimum atomic E-state index is -1.11. The lowest BCUT2D eigenvalue weighted by atomic mass is 9.66. The minimum absolute atomic E-state index is 0.218. The first-order valence-corrected chi connectivity index (χ1v) is 11.5. The molecule has 174 valence electrons. The van der Waals surface area contributed by atoms with Crippen LogP contribution in [0.4, 0.5) is 5.69 Å². The van der Waals surface area contributed by atoms with E-state index in [2.05, 4.69) is 10.6 Å². The molecule has 0 radical (unpaired) electrons. The number of carbonyl (C=O) groups excluding carboxylic acids is 3. The number of aliphatic hydroxyl groups excluding tert-OH is 1. The molecular weight excluding hydrogens is 434 g/mol. The smallest absolute Gasteiger partial charge is 0.250 e. The molecule has 3 saturated heterocycles. The average molecular weight is 464 g/mol. The quantitative estimate of drug-likeness (QED) is 0.572. The number of rotatable bonds is 7. The Labute approximate surface area is 192 Å². The van der Waals surface area contributed by atoms with Gasteiger partial charge in [0.2, 0.25) is 17.7 Å². The fraction of sp³-hybridized carbons (Fsp3) is 0.609. The Bertz CT molecular complexity index is 925. The van der Waals surface area contributed by atoms with E-state index in [1.54, 1.807) is 31.2 Å². The second-order valence-electron chi connectivity index (χ2n) is 9.29. The van der Waals surface area contributed by atoms with Gasteiger partial charge in [-0.2, -0.15) is 0 Å². The molecule has 0 aliphatic carbocycles. The lowest BCUT2D eigenvalue weighted by molar-refractivity contribution is -0.147. The van der Waals surface area contributed by atoms with Crippen LogP contribution in [0.15, 0.2) is 24.3 Å². The molecule has 8 nitrogen and oxygen atoms in total. The summed E-state index contributed by atoms with van der Waals surface area (Å²) >= 11 is 5.95. The number of likely N-dealkylation sites (tertiary alicyclic amines) is 1. The van der Waals surface area contributed by atoms with Crippen LogP contribution >= 0.6 is 11.6 Å². The summed E-state index contributed by atoms with van der Waals surface area (Å²) in [5.74, 6) is -2.39. The number of hydrogen-bond acceptors (Lipinski definition) is 5. The van der Waals surface area contributed by atoms with Crippen molar-refractivity contribution in [1.29, 1.82) is 0 Å². The third-order valence-corrected chi connectivity index (χ3v) is 7.40. The Balaban J connectivity index is 1.72. The Hall–Kier alpha value is -2.16. The van der Waals surface area contributed by atoms with Crippen LogP contribution in [0.3, 0.4) is 0 Å². The predicted molar refractivity (Wildman–Crippen MR) is 119 cm³/mol. The molecule has 1 spiro atoms. The van der Waals surface area contributed by atoms with Crippen LogP contribution < -0.4 is 10.6 Å². The molecule has 3 aliphatic heterocycles. The highest BCUT2D eigenvalue weighted by Gasteiger charge is 2.78. The third kappa shape index (κ3) is 3.40. The maximum absolute atomic E-state index is 13.7. The summed E-state index contributed by atoms with van der Waals surface area (Å²) in [6, 6.07) is 5.14. The molecule has 0 aromatic heterocycles. The highest BCUT2D eigenvalue weighted by atomic mass is 35.5. The van der Waals surface area contributed by atoms with Gasteiger partial charge in [-0.05, 0) is 57.4 Å². The maximum atomic E-state index is 13.7. The van der Waals surface area contributed by atoms with Gasteiger partial charge in [-0.25, -0.2) is 0 Å². The van der Waals surface area contributed by atoms with Crippen molar-refractivity contribution in [3.05, 3.63) is 29.3 Å². The maximum Gasteiger partial charge on any atom is 0.250 e. The molecule has 9 heteroatoms. The molecule has 3 fully saturated rings. The van der Waals surface area contributed by atoms with Crippen molar-refractivity contribution in [3.63, 3.8) is 0 Å². The number of anilines is 1. The fourth-order valence-electron chi connectivity index (χ4n) is 5.73. The van der Waals surface area contributed by atoms with Crippen molar-refractivity contribution in [2.45, 2.75) is 63.3 Å². The number of amides is 3. The monoisotopic (exact) mass is 463 g/mol. The van der Waals surface area contributed by atoms with E-state index in [-0.39, 0.29) is 18.4 Å². The van der Waals surface area contributed by atoms with Gasteiger partial charge in [0.1, 0.15) is 11.6 Å². The molecular formula is C23H30ClN3O5. The highest BCUT2D eigenvalue weighted by Crippen LogP contribution is 2.63. The van der Waals surface area contributed by atoms with Crippen molar-refractivity contribution >= 4 is 35.0 Å². The summed E-state index contributed by atoms with van der Waals surface area (Å²) < 4.78 is 6.48. The van der Waals surface area contributed by atoms with Gasteiger partial charge < -0.3 is 25.4 Å². The molecule has 0 saturated carbocycles. The summed E-state index contributed by atoms with van der Waals surface area (Å²) in [6.07, 6.45) is 1.84. The van der Waals surface area contributed by atoms with Crippen LogP contribution in [0.25, 0.3) is 0 Å². The van der Waals surface area contributed by atoms with E-state index < -0.39 is 41.0 Å². The van der Waals surface area contributed by atoms with Gasteiger partial charge in [-0.15, -0.1) is 0 Å². The first-order chi connectivity index (χ1) is 15.2. The second kappa shape index (κ2) is 8.32. The highest BCUT2D eigenvalue weighted by molar-refractivity contribution is 6.30. The lowest BCUT2D eigenvalue weighted by Crippen LogP contribution is -2.55. The zero-order valence-corrected chi connectivity index (χ0v) is 19.3. The lowest BCUT2D eigenvalue weighted by Gasteiger charge is -2.35. The van der Waals surface area contributed by atoms with E-state index in [0.717, 1.165) is 6.42 Å². The zero-order chi connectivity index (χ0) is 23.3. The third-order valence-electron chi connectivity index (χ3n) is 7.15. The number of benzene rings is 1. The van der Waals surface area contributed by atoms with E-state index in [4.69, 9.17) is 16.3 Å². The summed E-state index contributed by atoms with van der Waals surface area (Å²) in [4.78, 5) is 41.7. The molecule has 32 heavy (non-hydrogen) atoms. The number of ether oxygens (including phenoxy) is 1. The van der Waals surface area contributed by atoms with Gasteiger partial charge in [0.05, 0.1) is 30.1 Å². The summed E-state index contributed by atoms with van der Waals surface area (Å²) in [7, 11) is 0. The topological polar surface area (TPSA) is 108 Å². The average Bonchev–Trinajstić information content (AvgIpc) is 3.33. The van der Waals surface area contributed by atoms with Gasteiger partial charge in [-0.3, -0.25) is 14.4 Å². The van der Waals surface area contributed by atoms with Crippen molar-refractivity contribution in [2.24, 2.45) is 11.8 Å². The fourth-order valence-corrected chi connectivity index (χ4v) is 5.85. The second-order valence-corrected chi connectivity index (χ2v) is 9.73. The predicted octanol–water partition coefficient (Wildman–Crippen LogP) is 1.95. The molecule has 3 heterocycles. The molecule has 2 unspecified atom stereocenters. The van der Waals surface area contributed by atoms with E-state index >= 15 is 0 Å². The normalized spacial score (nSPS) is 33.8. The van der Waals surface area contributed by atoms with Crippen LogP contribution in [-0.4, -0.2) is 64.2 Å². The van der Waals surface area contributed by atoms with Gasteiger partial charge in [-0.1, -0.05) is 18.5 Å². The number of carbonyl (C=O) groups is 3. The van der Waals surface area contributed by atoms with Crippen molar-refractivity contribution in [1.82, 2.24) is 10.2 Å². The number of nitrogens with one attached hydrogen (secondary N) is 2. The molecule has 1 aromatic rings. The standard InChI is InChI=1S/C23H30ClN3O5/c1-4-11-25-19(29)16-17-21(31)27(13(2)12-28)18(23(17)10-9-22(16,3)32-23)20(30)26-15-7-5-14(24)6-8-15/h5-8,13,16-18,28H,4,9-12H2,1-3H3,(H,25,29)(H,26,30)/t13-,16-,17+,18?,22+,23?/m1/s1.